The highest BCUT2D eigenvalue weighted by Crippen LogP contribution is 2.38. The number of ether oxygens (including phenoxy) is 1. The molecule has 0 radical (unpaired) electrons. The molecule has 2 heterocycles. The minimum Gasteiger partial charge on any atom is -0.394 e. The average Bonchev–Trinajstić information content (AvgIpc) is 2.71. The van der Waals surface area contributed by atoms with Gasteiger partial charge in [-0.15, -0.1) is 6.58 Å². The van der Waals surface area contributed by atoms with E-state index < -0.39 is 29.2 Å². The van der Waals surface area contributed by atoms with Crippen LogP contribution in [0.25, 0.3) is 0 Å². The highest BCUT2D eigenvalue weighted by atomic mass is 16.5. The van der Waals surface area contributed by atoms with E-state index in [1.165, 1.54) is 16.8 Å². The highest BCUT2D eigenvalue weighted by molar-refractivity contribution is 5.04. The van der Waals surface area contributed by atoms with Crippen molar-refractivity contribution >= 4 is 0 Å². The van der Waals surface area contributed by atoms with E-state index >= 15 is 0 Å². The number of H-pyrrole nitrogens is 1. The summed E-state index contributed by atoms with van der Waals surface area (Å²) in [5.74, 6) is 0. The zero-order chi connectivity index (χ0) is 14.9. The van der Waals surface area contributed by atoms with Crippen LogP contribution in [0.2, 0.25) is 0 Å². The smallest absolute Gasteiger partial charge is 0.330 e. The first-order chi connectivity index (χ1) is 9.41. The van der Waals surface area contributed by atoms with Crippen LogP contribution in [0.5, 0.6) is 0 Å². The molecule has 1 aliphatic heterocycles. The molecule has 0 bridgehead atoms. The van der Waals surface area contributed by atoms with E-state index in [0.29, 0.717) is 5.56 Å². The minimum atomic E-state index is -1.27. The normalized spacial score (nSPS) is 29.6. The van der Waals surface area contributed by atoms with Crippen LogP contribution in [-0.4, -0.2) is 38.1 Å². The Morgan fingerprint density at radius 2 is 2.35 bits per heavy atom. The molecule has 3 atom stereocenters. The summed E-state index contributed by atoms with van der Waals surface area (Å²) in [6.07, 6.45) is 1.77. The summed E-state index contributed by atoms with van der Waals surface area (Å²) in [5, 5.41) is 19.8. The lowest BCUT2D eigenvalue weighted by Gasteiger charge is -2.25. The molecule has 0 amide bonds. The summed E-state index contributed by atoms with van der Waals surface area (Å²) in [6, 6.07) is 0. The maximum Gasteiger partial charge on any atom is 0.330 e. The molecule has 7 nitrogen and oxygen atoms in total. The van der Waals surface area contributed by atoms with Crippen LogP contribution in [0.3, 0.4) is 0 Å². The second-order valence-electron chi connectivity index (χ2n) is 5.04. The van der Waals surface area contributed by atoms with E-state index in [1.807, 2.05) is 0 Å². The molecule has 110 valence electrons. The summed E-state index contributed by atoms with van der Waals surface area (Å²) >= 11 is 0. The number of aryl methyl sites for hydroxylation is 1. The molecular weight excluding hydrogens is 264 g/mol. The van der Waals surface area contributed by atoms with Crippen LogP contribution in [0.4, 0.5) is 0 Å². The summed E-state index contributed by atoms with van der Waals surface area (Å²) in [7, 11) is 0. The first-order valence-electron chi connectivity index (χ1n) is 6.33. The summed E-state index contributed by atoms with van der Waals surface area (Å²) in [4.78, 5) is 25.3. The van der Waals surface area contributed by atoms with E-state index in [4.69, 9.17) is 4.74 Å². The summed E-state index contributed by atoms with van der Waals surface area (Å²) in [5.41, 5.74) is -1.97. The van der Waals surface area contributed by atoms with Crippen molar-refractivity contribution in [3.8, 4) is 0 Å². The lowest BCUT2D eigenvalue weighted by molar-refractivity contribution is -0.0812. The predicted octanol–water partition coefficient (Wildman–Crippen LogP) is -0.568. The Hall–Kier alpha value is -1.70. The number of aliphatic hydroxyl groups is 2. The highest BCUT2D eigenvalue weighted by Gasteiger charge is 2.47. The van der Waals surface area contributed by atoms with Crippen LogP contribution in [-0.2, 0) is 4.74 Å². The molecule has 7 heteroatoms. The molecule has 1 aromatic heterocycles. The zero-order valence-electron chi connectivity index (χ0n) is 11.2. The SMILES string of the molecule is C=CC[C@@]1(O)C[C@H](n2cc(C)c(=O)[nH]c2=O)O[C@@H]1CO. The van der Waals surface area contributed by atoms with E-state index in [-0.39, 0.29) is 19.4 Å². The summed E-state index contributed by atoms with van der Waals surface area (Å²) in [6.45, 7) is 4.78. The third-order valence-corrected chi connectivity index (χ3v) is 3.57. The van der Waals surface area contributed by atoms with Crippen molar-refractivity contribution < 1.29 is 14.9 Å². The Morgan fingerprint density at radius 3 is 2.95 bits per heavy atom. The molecule has 3 N–H and O–H groups in total. The second-order valence-corrected chi connectivity index (χ2v) is 5.04. The van der Waals surface area contributed by atoms with E-state index in [9.17, 15) is 19.8 Å². The third-order valence-electron chi connectivity index (χ3n) is 3.57. The number of hydrogen-bond acceptors (Lipinski definition) is 5. The Labute approximate surface area is 115 Å². The van der Waals surface area contributed by atoms with Crippen LogP contribution in [0.15, 0.2) is 28.4 Å². The van der Waals surface area contributed by atoms with Crippen LogP contribution in [0.1, 0.15) is 24.6 Å². The number of aliphatic hydroxyl groups excluding tert-OH is 1. The van der Waals surface area contributed by atoms with Crippen LogP contribution < -0.4 is 11.2 Å². The van der Waals surface area contributed by atoms with E-state index in [1.54, 1.807) is 6.92 Å². The van der Waals surface area contributed by atoms with Gasteiger partial charge in [-0.05, 0) is 13.3 Å². The second kappa shape index (κ2) is 5.35. The third kappa shape index (κ3) is 2.47. The Morgan fingerprint density at radius 1 is 1.65 bits per heavy atom. The van der Waals surface area contributed by atoms with E-state index in [0.717, 1.165) is 0 Å². The van der Waals surface area contributed by atoms with Gasteiger partial charge in [0.1, 0.15) is 17.9 Å². The number of nitrogens with one attached hydrogen (secondary N) is 1. The van der Waals surface area contributed by atoms with Crippen molar-refractivity contribution in [3.63, 3.8) is 0 Å². The fraction of sp³-hybridized carbons (Fsp3) is 0.538. The maximum atomic E-state index is 11.8. The van der Waals surface area contributed by atoms with E-state index in [2.05, 4.69) is 11.6 Å². The molecule has 2 rings (SSSR count). The average molecular weight is 282 g/mol. The first-order valence-corrected chi connectivity index (χ1v) is 6.33. The van der Waals surface area contributed by atoms with Gasteiger partial charge in [-0.25, -0.2) is 4.79 Å². The van der Waals surface area contributed by atoms with Gasteiger partial charge in [-0.1, -0.05) is 6.08 Å². The molecule has 0 aromatic carbocycles. The van der Waals surface area contributed by atoms with Gasteiger partial charge in [0.15, 0.2) is 0 Å². The molecule has 0 spiro atoms. The number of aromatic amines is 1. The standard InChI is InChI=1S/C13H18N2O5/c1-3-4-13(19)5-10(20-9(13)7-16)15-6-8(2)11(17)14-12(15)18/h3,6,9-10,16,19H,1,4-5,7H2,2H3,(H,14,17,18)/t9-,10-,13-/m1/s1. The van der Waals surface area contributed by atoms with Gasteiger partial charge in [-0.2, -0.15) is 0 Å². The molecular formula is C13H18N2O5. The maximum absolute atomic E-state index is 11.8. The minimum absolute atomic E-state index is 0.135. The predicted molar refractivity (Wildman–Crippen MR) is 71.4 cm³/mol. The van der Waals surface area contributed by atoms with Crippen molar-refractivity contribution in [3.05, 3.63) is 45.3 Å². The quantitative estimate of drug-likeness (QED) is 0.642. The molecule has 1 saturated heterocycles. The number of aromatic nitrogens is 2. The van der Waals surface area contributed by atoms with Gasteiger partial charge in [0, 0.05) is 18.2 Å². The molecule has 1 aliphatic rings. The van der Waals surface area contributed by atoms with Crippen molar-refractivity contribution in [2.24, 2.45) is 0 Å². The topological polar surface area (TPSA) is 105 Å². The van der Waals surface area contributed by atoms with Gasteiger partial charge in [-0.3, -0.25) is 14.3 Å². The fourth-order valence-electron chi connectivity index (χ4n) is 2.44. The van der Waals surface area contributed by atoms with Gasteiger partial charge < -0.3 is 14.9 Å². The van der Waals surface area contributed by atoms with Gasteiger partial charge >= 0.3 is 5.69 Å². The molecule has 1 aromatic rings. The van der Waals surface area contributed by atoms with Gasteiger partial charge in [0.05, 0.1) is 6.61 Å². The Balaban J connectivity index is 2.37. The molecule has 0 saturated carbocycles. The fourth-order valence-corrected chi connectivity index (χ4v) is 2.44. The summed E-state index contributed by atoms with van der Waals surface area (Å²) < 4.78 is 6.76. The van der Waals surface area contributed by atoms with Crippen molar-refractivity contribution in [2.45, 2.75) is 37.7 Å². The molecule has 0 aliphatic carbocycles. The monoisotopic (exact) mass is 282 g/mol. The van der Waals surface area contributed by atoms with Crippen LogP contribution in [0, 0.1) is 6.92 Å². The number of hydrogen-bond donors (Lipinski definition) is 3. The first kappa shape index (κ1) is 14.7. The molecule has 20 heavy (non-hydrogen) atoms. The lowest BCUT2D eigenvalue weighted by atomic mass is 9.91. The Bertz CT molecular complexity index is 620. The molecule has 0 unspecified atom stereocenters. The number of nitrogens with zero attached hydrogens (tertiary/aromatic N) is 1. The van der Waals surface area contributed by atoms with Crippen molar-refractivity contribution in [2.75, 3.05) is 6.61 Å². The zero-order valence-corrected chi connectivity index (χ0v) is 11.2. The molecule has 1 fully saturated rings. The van der Waals surface area contributed by atoms with Gasteiger partial charge in [0.2, 0.25) is 0 Å². The van der Waals surface area contributed by atoms with Gasteiger partial charge in [0.25, 0.3) is 5.56 Å². The largest absolute Gasteiger partial charge is 0.394 e. The lowest BCUT2D eigenvalue weighted by Crippen LogP contribution is -2.39. The van der Waals surface area contributed by atoms with Crippen molar-refractivity contribution in [1.82, 2.24) is 9.55 Å². The Kier molecular flexibility index (Phi) is 3.94. The van der Waals surface area contributed by atoms with Crippen LogP contribution >= 0.6 is 0 Å². The number of rotatable bonds is 4. The van der Waals surface area contributed by atoms with Crippen molar-refractivity contribution in [1.29, 1.82) is 0 Å².